The molecule has 4 heteroatoms. The number of nitrogens with one attached hydrogen (secondary N) is 1. The summed E-state index contributed by atoms with van der Waals surface area (Å²) >= 11 is 0. The van der Waals surface area contributed by atoms with Crippen LogP contribution in [0.1, 0.15) is 32.5 Å². The van der Waals surface area contributed by atoms with Crippen LogP contribution < -0.4 is 5.32 Å². The molecule has 0 aromatic carbocycles. The molecule has 0 aliphatic carbocycles. The zero-order valence-corrected chi connectivity index (χ0v) is 9.85. The topological polar surface area (TPSA) is 42.2 Å². The Balaban J connectivity index is 2.04. The fourth-order valence-electron chi connectivity index (χ4n) is 1.81. The van der Waals surface area contributed by atoms with E-state index in [4.69, 9.17) is 0 Å². The van der Waals surface area contributed by atoms with E-state index in [0.29, 0.717) is 6.04 Å². The van der Waals surface area contributed by atoms with Gasteiger partial charge in [0.05, 0.1) is 6.54 Å². The van der Waals surface area contributed by atoms with Crippen molar-refractivity contribution in [2.45, 2.75) is 39.3 Å². The van der Waals surface area contributed by atoms with E-state index in [1.165, 1.54) is 12.8 Å². The number of hydrogen-bond acceptors (Lipinski definition) is 3. The molecule has 0 saturated heterocycles. The Morgan fingerprint density at radius 3 is 3.06 bits per heavy atom. The molecule has 4 nitrogen and oxygen atoms in total. The highest BCUT2D eigenvalue weighted by molar-refractivity contribution is 5.36. The molecule has 0 unspecified atom stereocenters. The molecule has 2 rings (SSSR count). The van der Waals surface area contributed by atoms with Gasteiger partial charge in [-0.25, -0.2) is 0 Å². The molecule has 0 bridgehead atoms. The highest BCUT2D eigenvalue weighted by Crippen LogP contribution is 2.03. The normalized spacial score (nSPS) is 13.1. The van der Waals surface area contributed by atoms with E-state index >= 15 is 0 Å². The third-order valence-corrected chi connectivity index (χ3v) is 2.71. The predicted molar refractivity (Wildman–Crippen MR) is 64.2 cm³/mol. The van der Waals surface area contributed by atoms with Crippen molar-refractivity contribution in [3.63, 3.8) is 0 Å². The van der Waals surface area contributed by atoms with Gasteiger partial charge in [0.15, 0.2) is 11.5 Å². The first-order chi connectivity index (χ1) is 7.81. The standard InChI is InChI=1S/C12H18N4/c1-3-6-10(2)13-9-12-15-14-11-7-4-5-8-16(11)12/h4-5,7-8,10,13H,3,6,9H2,1-2H3/t10-/m1/s1. The predicted octanol–water partition coefficient (Wildman–Crippen LogP) is 2.01. The second-order valence-electron chi connectivity index (χ2n) is 4.12. The van der Waals surface area contributed by atoms with Gasteiger partial charge in [-0.3, -0.25) is 4.40 Å². The average molecular weight is 218 g/mol. The molecule has 1 N–H and O–H groups in total. The second-order valence-corrected chi connectivity index (χ2v) is 4.12. The molecule has 1 atom stereocenters. The Kier molecular flexibility index (Phi) is 3.51. The number of rotatable bonds is 5. The van der Waals surface area contributed by atoms with Crippen LogP contribution in [0.4, 0.5) is 0 Å². The summed E-state index contributed by atoms with van der Waals surface area (Å²) < 4.78 is 2.02. The second kappa shape index (κ2) is 5.07. The van der Waals surface area contributed by atoms with Crippen molar-refractivity contribution in [2.75, 3.05) is 0 Å². The SMILES string of the molecule is CCC[C@@H](C)NCc1nnc2ccccn12. The number of pyridine rings is 1. The molecule has 16 heavy (non-hydrogen) atoms. The zero-order valence-electron chi connectivity index (χ0n) is 9.85. The fourth-order valence-corrected chi connectivity index (χ4v) is 1.81. The molecule has 86 valence electrons. The Labute approximate surface area is 95.7 Å². The maximum absolute atomic E-state index is 4.18. The first kappa shape index (κ1) is 11.1. The Bertz CT molecular complexity index is 449. The molecule has 0 radical (unpaired) electrons. The van der Waals surface area contributed by atoms with Crippen LogP contribution in [0.5, 0.6) is 0 Å². The van der Waals surface area contributed by atoms with Gasteiger partial charge in [0.1, 0.15) is 0 Å². The maximum Gasteiger partial charge on any atom is 0.160 e. The van der Waals surface area contributed by atoms with Crippen LogP contribution in [0, 0.1) is 0 Å². The van der Waals surface area contributed by atoms with E-state index in [-0.39, 0.29) is 0 Å². The summed E-state index contributed by atoms with van der Waals surface area (Å²) in [6.07, 6.45) is 4.39. The summed E-state index contributed by atoms with van der Waals surface area (Å²) in [5.74, 6) is 0.971. The number of nitrogens with zero attached hydrogens (tertiary/aromatic N) is 3. The van der Waals surface area contributed by atoms with Crippen LogP contribution in [-0.2, 0) is 6.54 Å². The van der Waals surface area contributed by atoms with Crippen molar-refractivity contribution in [3.05, 3.63) is 30.2 Å². The van der Waals surface area contributed by atoms with Gasteiger partial charge in [0.2, 0.25) is 0 Å². The van der Waals surface area contributed by atoms with Gasteiger partial charge in [-0.15, -0.1) is 10.2 Å². The van der Waals surface area contributed by atoms with Gasteiger partial charge in [-0.05, 0) is 25.5 Å². The van der Waals surface area contributed by atoms with Crippen LogP contribution in [-0.4, -0.2) is 20.6 Å². The maximum atomic E-state index is 4.18. The van der Waals surface area contributed by atoms with E-state index in [2.05, 4.69) is 29.4 Å². The first-order valence-corrected chi connectivity index (χ1v) is 5.83. The molecule has 2 aromatic heterocycles. The van der Waals surface area contributed by atoms with Crippen LogP contribution in [0.2, 0.25) is 0 Å². The minimum atomic E-state index is 0.529. The summed E-state index contributed by atoms with van der Waals surface area (Å²) in [5, 5.41) is 11.7. The van der Waals surface area contributed by atoms with Crippen molar-refractivity contribution >= 4 is 5.65 Å². The summed E-state index contributed by atoms with van der Waals surface area (Å²) in [6, 6.07) is 6.46. The lowest BCUT2D eigenvalue weighted by molar-refractivity contribution is 0.498. The summed E-state index contributed by atoms with van der Waals surface area (Å²) in [6.45, 7) is 5.17. The third kappa shape index (κ3) is 2.39. The van der Waals surface area contributed by atoms with Gasteiger partial charge in [-0.1, -0.05) is 19.4 Å². The van der Waals surface area contributed by atoms with Gasteiger partial charge in [0, 0.05) is 12.2 Å². The minimum absolute atomic E-state index is 0.529. The molecule has 0 saturated carbocycles. The fraction of sp³-hybridized carbons (Fsp3) is 0.500. The molecule has 0 amide bonds. The monoisotopic (exact) mass is 218 g/mol. The number of aromatic nitrogens is 3. The third-order valence-electron chi connectivity index (χ3n) is 2.71. The average Bonchev–Trinajstić information content (AvgIpc) is 2.70. The molecule has 0 aliphatic heterocycles. The lowest BCUT2D eigenvalue weighted by atomic mass is 10.2. The quantitative estimate of drug-likeness (QED) is 0.834. The Hall–Kier alpha value is -1.42. The van der Waals surface area contributed by atoms with Crippen LogP contribution in [0.25, 0.3) is 5.65 Å². The van der Waals surface area contributed by atoms with Crippen molar-refractivity contribution in [1.29, 1.82) is 0 Å². The summed E-state index contributed by atoms with van der Waals surface area (Å²) in [7, 11) is 0. The van der Waals surface area contributed by atoms with Crippen LogP contribution >= 0.6 is 0 Å². The smallest absolute Gasteiger partial charge is 0.160 e. The highest BCUT2D eigenvalue weighted by atomic mass is 15.3. The van der Waals surface area contributed by atoms with E-state index in [0.717, 1.165) is 18.0 Å². The molecular weight excluding hydrogens is 200 g/mol. The summed E-state index contributed by atoms with van der Waals surface area (Å²) in [4.78, 5) is 0. The van der Waals surface area contributed by atoms with E-state index < -0.39 is 0 Å². The molecule has 2 aromatic rings. The summed E-state index contributed by atoms with van der Waals surface area (Å²) in [5.41, 5.74) is 0.905. The lowest BCUT2D eigenvalue weighted by Crippen LogP contribution is -2.26. The Morgan fingerprint density at radius 2 is 2.25 bits per heavy atom. The minimum Gasteiger partial charge on any atom is -0.307 e. The van der Waals surface area contributed by atoms with Crippen molar-refractivity contribution < 1.29 is 0 Å². The molecule has 2 heterocycles. The van der Waals surface area contributed by atoms with Crippen molar-refractivity contribution in [1.82, 2.24) is 19.9 Å². The van der Waals surface area contributed by atoms with Gasteiger partial charge in [0.25, 0.3) is 0 Å². The number of hydrogen-bond donors (Lipinski definition) is 1. The van der Waals surface area contributed by atoms with Crippen LogP contribution in [0.15, 0.2) is 24.4 Å². The largest absolute Gasteiger partial charge is 0.307 e. The molecule has 0 fully saturated rings. The molecular formula is C12H18N4. The number of fused-ring (bicyclic) bond motifs is 1. The molecule has 0 spiro atoms. The first-order valence-electron chi connectivity index (χ1n) is 5.83. The van der Waals surface area contributed by atoms with Crippen molar-refractivity contribution in [2.24, 2.45) is 0 Å². The molecule has 0 aliphatic rings. The van der Waals surface area contributed by atoms with Crippen molar-refractivity contribution in [3.8, 4) is 0 Å². The van der Waals surface area contributed by atoms with Gasteiger partial charge < -0.3 is 5.32 Å². The lowest BCUT2D eigenvalue weighted by Gasteiger charge is -2.11. The van der Waals surface area contributed by atoms with E-state index in [1.807, 2.05) is 28.8 Å². The van der Waals surface area contributed by atoms with Gasteiger partial charge in [-0.2, -0.15) is 0 Å². The highest BCUT2D eigenvalue weighted by Gasteiger charge is 2.05. The van der Waals surface area contributed by atoms with E-state index in [9.17, 15) is 0 Å². The Morgan fingerprint density at radius 1 is 1.38 bits per heavy atom. The van der Waals surface area contributed by atoms with Gasteiger partial charge >= 0.3 is 0 Å². The van der Waals surface area contributed by atoms with Crippen LogP contribution in [0.3, 0.4) is 0 Å². The van der Waals surface area contributed by atoms with E-state index in [1.54, 1.807) is 0 Å². The zero-order chi connectivity index (χ0) is 11.4.